The second-order valence-corrected chi connectivity index (χ2v) is 4.66. The van der Waals surface area contributed by atoms with Gasteiger partial charge in [-0.1, -0.05) is 29.5 Å². The van der Waals surface area contributed by atoms with Gasteiger partial charge in [-0.25, -0.2) is 4.98 Å². The molecule has 2 aromatic rings. The molecule has 0 aliphatic heterocycles. The highest BCUT2D eigenvalue weighted by molar-refractivity contribution is 7.99. The molecule has 1 aromatic heterocycles. The zero-order valence-electron chi connectivity index (χ0n) is 9.34. The summed E-state index contributed by atoms with van der Waals surface area (Å²) in [4.78, 5) is 8.90. The molecule has 2 rings (SSSR count). The van der Waals surface area contributed by atoms with Gasteiger partial charge in [-0.3, -0.25) is 0 Å². The highest BCUT2D eigenvalue weighted by atomic mass is 32.2. The van der Waals surface area contributed by atoms with Crippen molar-refractivity contribution in [2.45, 2.75) is 16.8 Å². The summed E-state index contributed by atoms with van der Waals surface area (Å²) >= 11 is 1.42. The second kappa shape index (κ2) is 4.50. The number of nitrogen functional groups attached to an aromatic ring is 3. The molecule has 1 aromatic carbocycles. The van der Waals surface area contributed by atoms with Gasteiger partial charge in [-0.15, -0.1) is 0 Å². The Morgan fingerprint density at radius 2 is 1.65 bits per heavy atom. The quantitative estimate of drug-likeness (QED) is 0.697. The Morgan fingerprint density at radius 3 is 2.29 bits per heavy atom. The first kappa shape index (κ1) is 11.5. The standard InChI is InChI=1S/C11H13N5S/c1-6-2-4-7(5-3-6)17-10-8(12)9(13)15-11(14)16-10/h2-5H,12H2,1H3,(H4,13,14,15,16). The van der Waals surface area contributed by atoms with Crippen LogP contribution < -0.4 is 17.2 Å². The van der Waals surface area contributed by atoms with Crippen LogP contribution in [-0.2, 0) is 0 Å². The minimum absolute atomic E-state index is 0.131. The first-order valence-corrected chi connectivity index (χ1v) is 5.81. The molecule has 6 N–H and O–H groups in total. The van der Waals surface area contributed by atoms with Crippen LogP contribution >= 0.6 is 11.8 Å². The van der Waals surface area contributed by atoms with Crippen molar-refractivity contribution in [3.05, 3.63) is 29.8 Å². The van der Waals surface area contributed by atoms with Crippen LogP contribution in [0.5, 0.6) is 0 Å². The van der Waals surface area contributed by atoms with E-state index in [0.29, 0.717) is 10.7 Å². The summed E-state index contributed by atoms with van der Waals surface area (Å²) in [7, 11) is 0. The fourth-order valence-corrected chi connectivity index (χ4v) is 2.13. The van der Waals surface area contributed by atoms with Crippen LogP contribution in [-0.4, -0.2) is 9.97 Å². The molecule has 0 atom stereocenters. The zero-order chi connectivity index (χ0) is 12.4. The predicted octanol–water partition coefficient (Wildman–Crippen LogP) is 1.68. The number of nitrogens with two attached hydrogens (primary N) is 3. The molecule has 0 radical (unpaired) electrons. The molecule has 6 heteroatoms. The largest absolute Gasteiger partial charge is 0.394 e. The maximum absolute atomic E-state index is 5.80. The summed E-state index contributed by atoms with van der Waals surface area (Å²) in [6.07, 6.45) is 0. The molecular weight excluding hydrogens is 234 g/mol. The topological polar surface area (TPSA) is 104 Å². The van der Waals surface area contributed by atoms with Crippen LogP contribution in [0.3, 0.4) is 0 Å². The lowest BCUT2D eigenvalue weighted by molar-refractivity contribution is 1.08. The Morgan fingerprint density at radius 1 is 1.00 bits per heavy atom. The molecule has 0 aliphatic carbocycles. The smallest absolute Gasteiger partial charge is 0.223 e. The first-order chi connectivity index (χ1) is 8.06. The lowest BCUT2D eigenvalue weighted by Crippen LogP contribution is -2.05. The number of aryl methyl sites for hydroxylation is 1. The van der Waals surface area contributed by atoms with E-state index in [2.05, 4.69) is 9.97 Å². The van der Waals surface area contributed by atoms with Crippen molar-refractivity contribution in [1.82, 2.24) is 9.97 Å². The minimum Gasteiger partial charge on any atom is -0.394 e. The van der Waals surface area contributed by atoms with E-state index in [0.717, 1.165) is 4.90 Å². The molecular formula is C11H13N5S. The van der Waals surface area contributed by atoms with Crippen molar-refractivity contribution in [1.29, 1.82) is 0 Å². The summed E-state index contributed by atoms with van der Waals surface area (Å²) in [6.45, 7) is 2.03. The van der Waals surface area contributed by atoms with Crippen molar-refractivity contribution >= 4 is 29.2 Å². The molecule has 0 fully saturated rings. The monoisotopic (exact) mass is 247 g/mol. The van der Waals surface area contributed by atoms with E-state index in [4.69, 9.17) is 17.2 Å². The average molecular weight is 247 g/mol. The van der Waals surface area contributed by atoms with Crippen molar-refractivity contribution < 1.29 is 0 Å². The number of anilines is 3. The van der Waals surface area contributed by atoms with Crippen molar-refractivity contribution in [3.8, 4) is 0 Å². The van der Waals surface area contributed by atoms with Crippen LogP contribution in [0.25, 0.3) is 0 Å². The Hall–Kier alpha value is -1.95. The van der Waals surface area contributed by atoms with Gasteiger partial charge in [0.05, 0.1) is 0 Å². The molecule has 1 heterocycles. The summed E-state index contributed by atoms with van der Waals surface area (Å²) in [5, 5.41) is 0.582. The lowest BCUT2D eigenvalue weighted by atomic mass is 10.2. The molecule has 0 saturated carbocycles. The Bertz CT molecular complexity index is 538. The summed E-state index contributed by atoms with van der Waals surface area (Å²) < 4.78 is 0. The average Bonchev–Trinajstić information content (AvgIpc) is 2.28. The van der Waals surface area contributed by atoms with E-state index >= 15 is 0 Å². The molecule has 0 spiro atoms. The number of aromatic nitrogens is 2. The molecule has 0 bridgehead atoms. The number of hydrogen-bond acceptors (Lipinski definition) is 6. The number of nitrogens with zero attached hydrogens (tertiary/aromatic N) is 2. The SMILES string of the molecule is Cc1ccc(Sc2nc(N)nc(N)c2N)cc1. The second-order valence-electron chi connectivity index (χ2n) is 3.60. The third kappa shape index (κ3) is 2.59. The molecule has 0 amide bonds. The van der Waals surface area contributed by atoms with Gasteiger partial charge in [0.2, 0.25) is 5.95 Å². The van der Waals surface area contributed by atoms with Crippen LogP contribution in [0.2, 0.25) is 0 Å². The maximum atomic E-state index is 5.80. The maximum Gasteiger partial charge on any atom is 0.223 e. The van der Waals surface area contributed by atoms with Gasteiger partial charge >= 0.3 is 0 Å². The molecule has 0 aliphatic rings. The van der Waals surface area contributed by atoms with Crippen molar-refractivity contribution in [2.75, 3.05) is 17.2 Å². The third-order valence-corrected chi connectivity index (χ3v) is 3.21. The van der Waals surface area contributed by atoms with Crippen molar-refractivity contribution in [2.24, 2.45) is 0 Å². The zero-order valence-corrected chi connectivity index (χ0v) is 10.2. The molecule has 0 unspecified atom stereocenters. The summed E-state index contributed by atoms with van der Waals surface area (Å²) in [6, 6.07) is 8.03. The molecule has 5 nitrogen and oxygen atoms in total. The highest BCUT2D eigenvalue weighted by Gasteiger charge is 2.09. The van der Waals surface area contributed by atoms with E-state index in [1.54, 1.807) is 0 Å². The molecule has 88 valence electrons. The van der Waals surface area contributed by atoms with E-state index in [1.165, 1.54) is 17.3 Å². The van der Waals surface area contributed by atoms with Gasteiger partial charge in [0.15, 0.2) is 5.82 Å². The summed E-state index contributed by atoms with van der Waals surface area (Å²) in [5.74, 6) is 0.346. The van der Waals surface area contributed by atoms with Crippen LogP contribution in [0.1, 0.15) is 5.56 Å². The Labute approximate surface area is 103 Å². The first-order valence-electron chi connectivity index (χ1n) is 4.99. The third-order valence-electron chi connectivity index (χ3n) is 2.19. The molecule has 17 heavy (non-hydrogen) atoms. The van der Waals surface area contributed by atoms with Crippen LogP contribution in [0.15, 0.2) is 34.2 Å². The highest BCUT2D eigenvalue weighted by Crippen LogP contribution is 2.32. The van der Waals surface area contributed by atoms with E-state index in [1.807, 2.05) is 31.2 Å². The van der Waals surface area contributed by atoms with Gasteiger partial charge in [0.1, 0.15) is 10.7 Å². The predicted molar refractivity (Wildman–Crippen MR) is 70.6 cm³/mol. The van der Waals surface area contributed by atoms with Gasteiger partial charge in [-0.2, -0.15) is 4.98 Å². The number of rotatable bonds is 2. The normalized spacial score (nSPS) is 10.4. The fraction of sp³-hybridized carbons (Fsp3) is 0.0909. The Balaban J connectivity index is 2.32. The van der Waals surface area contributed by atoms with E-state index in [-0.39, 0.29) is 11.8 Å². The van der Waals surface area contributed by atoms with E-state index < -0.39 is 0 Å². The fourth-order valence-electron chi connectivity index (χ4n) is 1.28. The van der Waals surface area contributed by atoms with Gasteiger partial charge in [0, 0.05) is 4.90 Å². The van der Waals surface area contributed by atoms with Crippen LogP contribution in [0.4, 0.5) is 17.5 Å². The minimum atomic E-state index is 0.131. The summed E-state index contributed by atoms with van der Waals surface area (Å²) in [5.41, 5.74) is 18.5. The number of hydrogen-bond donors (Lipinski definition) is 3. The van der Waals surface area contributed by atoms with Gasteiger partial charge in [0.25, 0.3) is 0 Å². The molecule has 0 saturated heterocycles. The Kier molecular flexibility index (Phi) is 3.06. The van der Waals surface area contributed by atoms with E-state index in [9.17, 15) is 0 Å². The lowest BCUT2D eigenvalue weighted by Gasteiger charge is -2.07. The van der Waals surface area contributed by atoms with Crippen LogP contribution in [0, 0.1) is 6.92 Å². The van der Waals surface area contributed by atoms with Gasteiger partial charge < -0.3 is 17.2 Å². The van der Waals surface area contributed by atoms with Gasteiger partial charge in [-0.05, 0) is 19.1 Å². The number of benzene rings is 1. The van der Waals surface area contributed by atoms with Crippen molar-refractivity contribution in [3.63, 3.8) is 0 Å².